The van der Waals surface area contributed by atoms with Gasteiger partial charge in [-0.05, 0) is 46.3 Å². The average molecular weight is 391 g/mol. The van der Waals surface area contributed by atoms with Crippen LogP contribution in [0, 0.1) is 0 Å². The molecule has 2 N–H and O–H groups in total. The number of aromatic nitrogens is 2. The summed E-state index contributed by atoms with van der Waals surface area (Å²) < 4.78 is 2.62. The van der Waals surface area contributed by atoms with E-state index in [4.69, 9.17) is 40.5 Å². The zero-order valence-corrected chi connectivity index (χ0v) is 13.7. The maximum atomic E-state index is 6.08. The average Bonchev–Trinajstić information content (AvgIpc) is 2.69. The van der Waals surface area contributed by atoms with Crippen molar-refractivity contribution in [3.63, 3.8) is 0 Å². The molecule has 7 heteroatoms. The van der Waals surface area contributed by atoms with Crippen LogP contribution in [0.5, 0.6) is 0 Å². The summed E-state index contributed by atoms with van der Waals surface area (Å²) in [5.41, 5.74) is 8.23. The Kier molecular flexibility index (Phi) is 3.58. The summed E-state index contributed by atoms with van der Waals surface area (Å²) in [5, 5.41) is 1.48. The van der Waals surface area contributed by atoms with E-state index in [1.807, 2.05) is 6.07 Å². The Morgan fingerprint density at radius 3 is 2.50 bits per heavy atom. The second-order valence-electron chi connectivity index (χ2n) is 4.16. The van der Waals surface area contributed by atoms with Crippen LogP contribution in [0.2, 0.25) is 15.1 Å². The lowest BCUT2D eigenvalue weighted by Gasteiger charge is -2.09. The van der Waals surface area contributed by atoms with E-state index in [9.17, 15) is 0 Å². The molecular formula is C13H7BrCl3N3. The van der Waals surface area contributed by atoms with Crippen molar-refractivity contribution in [1.82, 2.24) is 9.55 Å². The highest BCUT2D eigenvalue weighted by Gasteiger charge is 2.14. The van der Waals surface area contributed by atoms with Crippen LogP contribution in [0.4, 0.5) is 5.95 Å². The molecule has 1 aromatic heterocycles. The monoisotopic (exact) mass is 389 g/mol. The highest BCUT2D eigenvalue weighted by atomic mass is 79.9. The minimum absolute atomic E-state index is 0.335. The van der Waals surface area contributed by atoms with E-state index in [0.717, 1.165) is 15.7 Å². The van der Waals surface area contributed by atoms with E-state index in [1.54, 1.807) is 28.8 Å². The first-order valence-electron chi connectivity index (χ1n) is 5.56. The van der Waals surface area contributed by atoms with Gasteiger partial charge >= 0.3 is 0 Å². The van der Waals surface area contributed by atoms with E-state index >= 15 is 0 Å². The summed E-state index contributed by atoms with van der Waals surface area (Å²) in [6.45, 7) is 0. The number of imidazole rings is 1. The number of halogens is 4. The minimum atomic E-state index is 0.335. The van der Waals surface area contributed by atoms with Crippen LogP contribution in [0.25, 0.3) is 16.7 Å². The highest BCUT2D eigenvalue weighted by Crippen LogP contribution is 2.34. The molecule has 0 aliphatic rings. The molecule has 20 heavy (non-hydrogen) atoms. The molecule has 0 atom stereocenters. The second kappa shape index (κ2) is 5.11. The normalized spacial score (nSPS) is 11.2. The van der Waals surface area contributed by atoms with Gasteiger partial charge in [0.15, 0.2) is 0 Å². The van der Waals surface area contributed by atoms with Crippen LogP contribution in [-0.4, -0.2) is 9.55 Å². The number of hydrogen-bond donors (Lipinski definition) is 1. The quantitative estimate of drug-likeness (QED) is 0.609. The van der Waals surface area contributed by atoms with Crippen molar-refractivity contribution in [2.24, 2.45) is 0 Å². The summed E-state index contributed by atoms with van der Waals surface area (Å²) in [5.74, 6) is 0.335. The van der Waals surface area contributed by atoms with Gasteiger partial charge < -0.3 is 5.73 Å². The van der Waals surface area contributed by atoms with Crippen molar-refractivity contribution in [2.45, 2.75) is 0 Å². The molecule has 0 aliphatic carbocycles. The number of benzene rings is 2. The number of anilines is 1. The molecule has 0 saturated carbocycles. The number of rotatable bonds is 1. The molecule has 0 spiro atoms. The molecule has 0 aliphatic heterocycles. The third-order valence-electron chi connectivity index (χ3n) is 2.87. The summed E-state index contributed by atoms with van der Waals surface area (Å²) in [7, 11) is 0. The Bertz CT molecular complexity index is 829. The lowest BCUT2D eigenvalue weighted by atomic mass is 10.2. The lowest BCUT2D eigenvalue weighted by Crippen LogP contribution is -2.01. The fourth-order valence-electron chi connectivity index (χ4n) is 2.00. The van der Waals surface area contributed by atoms with Crippen molar-refractivity contribution < 1.29 is 0 Å². The second-order valence-corrected chi connectivity index (χ2v) is 6.26. The molecular weight excluding hydrogens is 384 g/mol. The number of fused-ring (bicyclic) bond motifs is 1. The summed E-state index contributed by atoms with van der Waals surface area (Å²) in [6.07, 6.45) is 0. The molecule has 0 bridgehead atoms. The van der Waals surface area contributed by atoms with Gasteiger partial charge in [-0.1, -0.05) is 34.8 Å². The van der Waals surface area contributed by atoms with Crippen molar-refractivity contribution >= 4 is 67.7 Å². The van der Waals surface area contributed by atoms with Gasteiger partial charge in [-0.15, -0.1) is 0 Å². The third kappa shape index (κ3) is 2.27. The Hall–Kier alpha value is -0.940. The Balaban J connectivity index is 2.38. The molecule has 0 amide bonds. The number of nitrogen functional groups attached to an aromatic ring is 1. The third-order valence-corrected chi connectivity index (χ3v) is 4.50. The fraction of sp³-hybridized carbons (Fsp3) is 0. The highest BCUT2D eigenvalue weighted by molar-refractivity contribution is 9.10. The van der Waals surface area contributed by atoms with Crippen LogP contribution >= 0.6 is 50.7 Å². The summed E-state index contributed by atoms with van der Waals surface area (Å²) in [4.78, 5) is 4.30. The van der Waals surface area contributed by atoms with Crippen molar-refractivity contribution in [2.75, 3.05) is 5.73 Å². The SMILES string of the molecule is Nc1nc2cc(Cl)c(Cl)cc2n1-c1cc(Cl)ccc1Br. The van der Waals surface area contributed by atoms with Crippen LogP contribution in [-0.2, 0) is 0 Å². The van der Waals surface area contributed by atoms with Crippen molar-refractivity contribution in [1.29, 1.82) is 0 Å². The zero-order chi connectivity index (χ0) is 14.4. The minimum Gasteiger partial charge on any atom is -0.369 e. The van der Waals surface area contributed by atoms with Crippen LogP contribution < -0.4 is 5.73 Å². The largest absolute Gasteiger partial charge is 0.369 e. The van der Waals surface area contributed by atoms with Crippen molar-refractivity contribution in [3.8, 4) is 5.69 Å². The van der Waals surface area contributed by atoms with Gasteiger partial charge in [-0.3, -0.25) is 4.57 Å². The van der Waals surface area contributed by atoms with Crippen LogP contribution in [0.15, 0.2) is 34.8 Å². The van der Waals surface area contributed by atoms with Gasteiger partial charge in [0.05, 0.1) is 26.8 Å². The predicted molar refractivity (Wildman–Crippen MR) is 88.2 cm³/mol. The van der Waals surface area contributed by atoms with Crippen LogP contribution in [0.3, 0.4) is 0 Å². The van der Waals surface area contributed by atoms with E-state index in [-0.39, 0.29) is 0 Å². The summed E-state index contributed by atoms with van der Waals surface area (Å²) >= 11 is 21.6. The maximum Gasteiger partial charge on any atom is 0.205 e. The molecule has 0 saturated heterocycles. The number of hydrogen-bond acceptors (Lipinski definition) is 2. The Labute approximate surface area is 138 Å². The van der Waals surface area contributed by atoms with Gasteiger partial charge in [-0.2, -0.15) is 0 Å². The maximum absolute atomic E-state index is 6.08. The first kappa shape index (κ1) is 14.0. The molecule has 102 valence electrons. The van der Waals surface area contributed by atoms with Gasteiger partial charge in [0.1, 0.15) is 0 Å². The molecule has 3 aromatic rings. The van der Waals surface area contributed by atoms with Gasteiger partial charge in [-0.25, -0.2) is 4.98 Å². The smallest absolute Gasteiger partial charge is 0.205 e. The van der Waals surface area contributed by atoms with E-state index in [2.05, 4.69) is 20.9 Å². The van der Waals surface area contributed by atoms with Crippen molar-refractivity contribution in [3.05, 3.63) is 49.9 Å². The van der Waals surface area contributed by atoms with Crippen LogP contribution in [0.1, 0.15) is 0 Å². The molecule has 3 rings (SSSR count). The fourth-order valence-corrected chi connectivity index (χ4v) is 2.91. The molecule has 2 aromatic carbocycles. The number of nitrogens with two attached hydrogens (primary N) is 1. The summed E-state index contributed by atoms with van der Waals surface area (Å²) in [6, 6.07) is 8.85. The first-order chi connectivity index (χ1) is 9.47. The van der Waals surface area contributed by atoms with E-state index < -0.39 is 0 Å². The molecule has 3 nitrogen and oxygen atoms in total. The van der Waals surface area contributed by atoms with E-state index in [1.165, 1.54) is 0 Å². The number of nitrogens with zero attached hydrogens (tertiary/aromatic N) is 2. The zero-order valence-electron chi connectivity index (χ0n) is 9.87. The standard InChI is InChI=1S/C13H7BrCl3N3/c14-7-2-1-6(15)3-11(7)20-12-5-9(17)8(16)4-10(12)19-13(20)18/h1-5H,(H2,18,19). The Morgan fingerprint density at radius 2 is 1.75 bits per heavy atom. The predicted octanol–water partition coefficient (Wildman–Crippen LogP) is 5.33. The first-order valence-corrected chi connectivity index (χ1v) is 7.48. The topological polar surface area (TPSA) is 43.8 Å². The Morgan fingerprint density at radius 1 is 1.05 bits per heavy atom. The molecule has 0 fully saturated rings. The van der Waals surface area contributed by atoms with Gasteiger partial charge in [0.25, 0.3) is 0 Å². The molecule has 0 radical (unpaired) electrons. The van der Waals surface area contributed by atoms with E-state index in [0.29, 0.717) is 26.5 Å². The van der Waals surface area contributed by atoms with Gasteiger partial charge in [0, 0.05) is 9.50 Å². The lowest BCUT2D eigenvalue weighted by molar-refractivity contribution is 1.10. The molecule has 1 heterocycles. The van der Waals surface area contributed by atoms with Gasteiger partial charge in [0.2, 0.25) is 5.95 Å². The molecule has 0 unspecified atom stereocenters.